The van der Waals surface area contributed by atoms with Gasteiger partial charge in [0, 0.05) is 17.0 Å². The Morgan fingerprint density at radius 2 is 2.05 bits per heavy atom. The van der Waals surface area contributed by atoms with Crippen molar-refractivity contribution < 1.29 is 8.95 Å². The van der Waals surface area contributed by atoms with Crippen LogP contribution in [0.4, 0.5) is 0 Å². The first kappa shape index (κ1) is 14.4. The Morgan fingerprint density at radius 1 is 1.37 bits per heavy atom. The van der Waals surface area contributed by atoms with Gasteiger partial charge in [-0.1, -0.05) is 17.7 Å². The smallest absolute Gasteiger partial charge is 0.124 e. The molecule has 19 heavy (non-hydrogen) atoms. The van der Waals surface area contributed by atoms with Gasteiger partial charge in [0.15, 0.2) is 0 Å². The summed E-state index contributed by atoms with van der Waals surface area (Å²) in [6.07, 6.45) is 0.677. The average molecular weight is 300 g/mol. The third-order valence-corrected chi connectivity index (χ3v) is 4.70. The number of methoxy groups -OCH3 is 1. The lowest BCUT2D eigenvalue weighted by Crippen LogP contribution is -2.32. The molecule has 0 fully saturated rings. The Hall–Kier alpha value is -1.00. The largest absolute Gasteiger partial charge is 0.499 e. The van der Waals surface area contributed by atoms with E-state index in [1.165, 1.54) is 0 Å². The molecule has 1 aliphatic carbocycles. The van der Waals surface area contributed by atoms with Gasteiger partial charge in [-0.2, -0.15) is 0 Å². The van der Waals surface area contributed by atoms with E-state index >= 15 is 0 Å². The van der Waals surface area contributed by atoms with Crippen molar-refractivity contribution in [3.8, 4) is 0 Å². The topological polar surface area (TPSA) is 38.3 Å². The Kier molecular flexibility index (Phi) is 3.92. The summed E-state index contributed by atoms with van der Waals surface area (Å²) in [6.45, 7) is 5.79. The van der Waals surface area contributed by atoms with Crippen molar-refractivity contribution in [1.82, 2.24) is 4.72 Å². The van der Waals surface area contributed by atoms with Crippen LogP contribution >= 0.6 is 11.6 Å². The summed E-state index contributed by atoms with van der Waals surface area (Å²) in [5, 5.41) is 0.701. The summed E-state index contributed by atoms with van der Waals surface area (Å²) >= 11 is 6.00. The zero-order valence-electron chi connectivity index (χ0n) is 11.5. The van der Waals surface area contributed by atoms with Crippen molar-refractivity contribution in [1.29, 1.82) is 0 Å². The molecule has 0 heterocycles. The van der Waals surface area contributed by atoms with Crippen LogP contribution in [0.25, 0.3) is 5.70 Å². The highest BCUT2D eigenvalue weighted by molar-refractivity contribution is 7.84. The number of nitrogens with one attached hydrogen (secondary N) is 1. The lowest BCUT2D eigenvalue weighted by Gasteiger charge is -2.20. The van der Waals surface area contributed by atoms with E-state index in [4.69, 9.17) is 16.3 Å². The van der Waals surface area contributed by atoms with Crippen LogP contribution in [-0.2, 0) is 22.1 Å². The van der Waals surface area contributed by atoms with E-state index in [0.29, 0.717) is 11.4 Å². The molecule has 1 aliphatic rings. The van der Waals surface area contributed by atoms with E-state index in [2.05, 4.69) is 4.72 Å². The fourth-order valence-electron chi connectivity index (χ4n) is 1.90. The summed E-state index contributed by atoms with van der Waals surface area (Å²) in [5.74, 6) is 0.801. The van der Waals surface area contributed by atoms with Crippen molar-refractivity contribution >= 4 is 28.3 Å². The maximum absolute atomic E-state index is 12.2. The first-order chi connectivity index (χ1) is 8.82. The monoisotopic (exact) mass is 299 g/mol. The van der Waals surface area contributed by atoms with Crippen LogP contribution in [0.15, 0.2) is 24.0 Å². The lowest BCUT2D eigenvalue weighted by molar-refractivity contribution is 0.287. The molecule has 0 amide bonds. The SMILES string of the molecule is COC1=C(N[S@](=O)C(C)(C)C)c2ccc(Cl)cc2C1. The van der Waals surface area contributed by atoms with Crippen molar-refractivity contribution in [3.63, 3.8) is 0 Å². The second kappa shape index (κ2) is 5.17. The number of benzene rings is 1. The highest BCUT2D eigenvalue weighted by Crippen LogP contribution is 2.33. The number of ether oxygens (including phenoxy) is 1. The molecule has 0 saturated heterocycles. The minimum absolute atomic E-state index is 0.332. The minimum atomic E-state index is -1.18. The zero-order chi connectivity index (χ0) is 14.2. The van der Waals surface area contributed by atoms with Gasteiger partial charge in [0.05, 0.1) is 17.6 Å². The molecule has 0 aliphatic heterocycles. The van der Waals surface area contributed by atoms with Gasteiger partial charge in [-0.15, -0.1) is 0 Å². The van der Waals surface area contributed by atoms with E-state index in [1.807, 2.05) is 39.0 Å². The molecule has 1 N–H and O–H groups in total. The number of fused-ring (bicyclic) bond motifs is 1. The van der Waals surface area contributed by atoms with Crippen LogP contribution in [0.2, 0.25) is 5.02 Å². The molecule has 1 aromatic carbocycles. The molecular weight excluding hydrogens is 282 g/mol. The van der Waals surface area contributed by atoms with E-state index in [9.17, 15) is 4.21 Å². The Balaban J connectivity index is 2.35. The number of allylic oxidation sites excluding steroid dienone is 1. The zero-order valence-corrected chi connectivity index (χ0v) is 13.1. The molecular formula is C14H18ClNO2S. The number of hydrogen-bond acceptors (Lipinski definition) is 2. The van der Waals surface area contributed by atoms with Crippen LogP contribution in [0.5, 0.6) is 0 Å². The van der Waals surface area contributed by atoms with Crippen LogP contribution in [0, 0.1) is 0 Å². The molecule has 1 atom stereocenters. The minimum Gasteiger partial charge on any atom is -0.499 e. The third-order valence-electron chi connectivity index (χ3n) is 2.96. The van der Waals surface area contributed by atoms with Crippen molar-refractivity contribution in [2.24, 2.45) is 0 Å². The Bertz CT molecular complexity index is 561. The van der Waals surface area contributed by atoms with Crippen LogP contribution in [0.3, 0.4) is 0 Å². The number of rotatable bonds is 3. The van der Waals surface area contributed by atoms with Crippen molar-refractivity contribution in [2.45, 2.75) is 31.9 Å². The van der Waals surface area contributed by atoms with Gasteiger partial charge in [0.2, 0.25) is 0 Å². The number of hydrogen-bond donors (Lipinski definition) is 1. The Labute approximate surface area is 121 Å². The third kappa shape index (κ3) is 2.95. The molecule has 5 heteroatoms. The summed E-state index contributed by atoms with van der Waals surface area (Å²) < 4.78 is 20.4. The van der Waals surface area contributed by atoms with Gasteiger partial charge in [-0.05, 0) is 38.5 Å². The molecule has 0 aromatic heterocycles. The van der Waals surface area contributed by atoms with Gasteiger partial charge in [0.1, 0.15) is 16.7 Å². The fraction of sp³-hybridized carbons (Fsp3) is 0.429. The second-order valence-electron chi connectivity index (χ2n) is 5.46. The number of halogens is 1. The van der Waals surface area contributed by atoms with Gasteiger partial charge in [-0.25, -0.2) is 4.21 Å². The maximum Gasteiger partial charge on any atom is 0.124 e. The molecule has 3 nitrogen and oxygen atoms in total. The molecule has 1 aromatic rings. The second-order valence-corrected chi connectivity index (χ2v) is 7.87. The summed E-state index contributed by atoms with van der Waals surface area (Å²) in [5.41, 5.74) is 2.92. The maximum atomic E-state index is 12.2. The molecule has 0 saturated carbocycles. The predicted octanol–water partition coefficient (Wildman–Crippen LogP) is 3.26. The lowest BCUT2D eigenvalue weighted by atomic mass is 10.1. The van der Waals surface area contributed by atoms with Gasteiger partial charge < -0.3 is 9.46 Å². The summed E-state index contributed by atoms with van der Waals surface area (Å²) in [6, 6.07) is 5.69. The normalized spacial score (nSPS) is 16.3. The van der Waals surface area contributed by atoms with E-state index in [-0.39, 0.29) is 4.75 Å². The van der Waals surface area contributed by atoms with Gasteiger partial charge >= 0.3 is 0 Å². The van der Waals surface area contributed by atoms with E-state index in [1.54, 1.807) is 7.11 Å². The standard InChI is InChI=1S/C14H18ClNO2S/c1-14(2,3)19(17)16-13-11-6-5-10(15)7-9(11)8-12(13)18-4/h5-7,16H,8H2,1-4H3/t19-/m1/s1. The molecule has 0 unspecified atom stereocenters. The van der Waals surface area contributed by atoms with Crippen molar-refractivity contribution in [3.05, 3.63) is 40.1 Å². The fourth-order valence-corrected chi connectivity index (χ4v) is 2.81. The summed E-state index contributed by atoms with van der Waals surface area (Å²) in [4.78, 5) is 0. The molecule has 0 radical (unpaired) electrons. The predicted molar refractivity (Wildman–Crippen MR) is 80.1 cm³/mol. The van der Waals surface area contributed by atoms with Crippen LogP contribution < -0.4 is 4.72 Å². The highest BCUT2D eigenvalue weighted by atomic mass is 35.5. The average Bonchev–Trinajstić information content (AvgIpc) is 2.65. The van der Waals surface area contributed by atoms with E-state index in [0.717, 1.165) is 22.6 Å². The van der Waals surface area contributed by atoms with Gasteiger partial charge in [-0.3, -0.25) is 0 Å². The quantitative estimate of drug-likeness (QED) is 0.930. The molecule has 104 valence electrons. The molecule has 0 spiro atoms. The molecule has 0 bridgehead atoms. The highest BCUT2D eigenvalue weighted by Gasteiger charge is 2.27. The van der Waals surface area contributed by atoms with Crippen LogP contribution in [-0.4, -0.2) is 16.1 Å². The first-order valence-electron chi connectivity index (χ1n) is 6.07. The molecule has 2 rings (SSSR count). The van der Waals surface area contributed by atoms with Gasteiger partial charge in [0.25, 0.3) is 0 Å². The van der Waals surface area contributed by atoms with Crippen molar-refractivity contribution in [2.75, 3.05) is 7.11 Å². The summed E-state index contributed by atoms with van der Waals surface area (Å²) in [7, 11) is 0.447. The Morgan fingerprint density at radius 3 is 2.63 bits per heavy atom. The van der Waals surface area contributed by atoms with E-state index < -0.39 is 11.0 Å². The first-order valence-corrected chi connectivity index (χ1v) is 7.60. The van der Waals surface area contributed by atoms with Crippen LogP contribution in [0.1, 0.15) is 31.9 Å².